The summed E-state index contributed by atoms with van der Waals surface area (Å²) < 4.78 is 37.7. The van der Waals surface area contributed by atoms with Crippen molar-refractivity contribution in [3.8, 4) is 5.69 Å². The van der Waals surface area contributed by atoms with Gasteiger partial charge in [0.2, 0.25) is 11.1 Å². The van der Waals surface area contributed by atoms with Gasteiger partial charge in [-0.25, -0.2) is 9.67 Å². The number of nitrogens with zero attached hydrogens (tertiary/aromatic N) is 3. The molecule has 1 N–H and O–H groups in total. The van der Waals surface area contributed by atoms with Crippen molar-refractivity contribution in [2.24, 2.45) is 0 Å². The third-order valence-electron chi connectivity index (χ3n) is 2.61. The molecule has 0 radical (unpaired) electrons. The summed E-state index contributed by atoms with van der Waals surface area (Å²) in [5.74, 6) is -0.710. The van der Waals surface area contributed by atoms with E-state index in [1.54, 1.807) is 0 Å². The lowest BCUT2D eigenvalue weighted by atomic mass is 10.3. The molecule has 1 heterocycles. The summed E-state index contributed by atoms with van der Waals surface area (Å²) in [6, 6.07) is 9.22. The van der Waals surface area contributed by atoms with Crippen molar-refractivity contribution >= 4 is 17.7 Å². The van der Waals surface area contributed by atoms with E-state index in [2.05, 4.69) is 10.1 Å². The van der Waals surface area contributed by atoms with Crippen molar-refractivity contribution in [2.45, 2.75) is 23.5 Å². The molecule has 0 fully saturated rings. The number of carbonyl (C=O) groups excluding carboxylic acids is 1. The van der Waals surface area contributed by atoms with E-state index in [0.29, 0.717) is 5.16 Å². The summed E-state index contributed by atoms with van der Waals surface area (Å²) >= 11 is 0.995. The lowest BCUT2D eigenvalue weighted by molar-refractivity contribution is -0.137. The Balaban J connectivity index is 1.94. The monoisotopic (exact) mass is 330 g/mol. The minimum atomic E-state index is -4.42. The van der Waals surface area contributed by atoms with E-state index in [4.69, 9.17) is 0 Å². The Morgan fingerprint density at radius 2 is 2.05 bits per heavy atom. The maximum atomic E-state index is 12.0. The third kappa shape index (κ3) is 4.76. The van der Waals surface area contributed by atoms with Crippen molar-refractivity contribution in [2.75, 3.05) is 6.54 Å². The second kappa shape index (κ2) is 6.82. The number of amides is 1. The highest BCUT2D eigenvalue weighted by molar-refractivity contribution is 8.00. The van der Waals surface area contributed by atoms with Crippen LogP contribution in [0.25, 0.3) is 5.69 Å². The molecule has 0 bridgehead atoms. The van der Waals surface area contributed by atoms with Crippen molar-refractivity contribution < 1.29 is 18.0 Å². The van der Waals surface area contributed by atoms with Crippen LogP contribution in [0.3, 0.4) is 0 Å². The van der Waals surface area contributed by atoms with Crippen LogP contribution in [0.5, 0.6) is 0 Å². The molecule has 1 amide bonds. The summed E-state index contributed by atoms with van der Waals surface area (Å²) in [7, 11) is 0. The quantitative estimate of drug-likeness (QED) is 0.856. The number of alkyl halides is 3. The van der Waals surface area contributed by atoms with Crippen molar-refractivity contribution in [3.05, 3.63) is 36.7 Å². The largest absolute Gasteiger partial charge is 0.405 e. The van der Waals surface area contributed by atoms with Crippen LogP contribution in [0.4, 0.5) is 13.2 Å². The van der Waals surface area contributed by atoms with E-state index in [9.17, 15) is 18.0 Å². The van der Waals surface area contributed by atoms with Gasteiger partial charge in [0.15, 0.2) is 0 Å². The minimum Gasteiger partial charge on any atom is -0.346 e. The SMILES string of the molecule is CC(Sc1ncn(-c2ccccc2)n1)C(=O)NCC(F)(F)F. The zero-order valence-electron chi connectivity index (χ0n) is 11.5. The lowest BCUT2D eigenvalue weighted by Gasteiger charge is -2.11. The molecule has 0 aliphatic rings. The smallest absolute Gasteiger partial charge is 0.346 e. The van der Waals surface area contributed by atoms with Gasteiger partial charge in [-0.15, -0.1) is 5.10 Å². The number of hydrogen-bond donors (Lipinski definition) is 1. The summed E-state index contributed by atoms with van der Waals surface area (Å²) in [4.78, 5) is 15.6. The van der Waals surface area contributed by atoms with Gasteiger partial charge in [0.25, 0.3) is 0 Å². The van der Waals surface area contributed by atoms with Crippen LogP contribution in [0.15, 0.2) is 41.8 Å². The van der Waals surface area contributed by atoms with Gasteiger partial charge in [-0.05, 0) is 19.1 Å². The average molecular weight is 330 g/mol. The van der Waals surface area contributed by atoms with Crippen molar-refractivity contribution in [1.29, 1.82) is 0 Å². The number of aromatic nitrogens is 3. The minimum absolute atomic E-state index is 0.318. The molecule has 22 heavy (non-hydrogen) atoms. The van der Waals surface area contributed by atoms with E-state index in [1.165, 1.54) is 17.9 Å². The first-order chi connectivity index (χ1) is 10.3. The fourth-order valence-electron chi connectivity index (χ4n) is 1.55. The second-order valence-electron chi connectivity index (χ2n) is 4.40. The predicted octanol–water partition coefficient (Wildman–Crippen LogP) is 2.43. The van der Waals surface area contributed by atoms with E-state index >= 15 is 0 Å². The number of hydrogen-bond acceptors (Lipinski definition) is 4. The molecule has 1 aromatic carbocycles. The van der Waals surface area contributed by atoms with Crippen LogP contribution < -0.4 is 5.32 Å². The number of benzene rings is 1. The molecule has 0 saturated heterocycles. The van der Waals surface area contributed by atoms with Gasteiger partial charge < -0.3 is 5.32 Å². The zero-order chi connectivity index (χ0) is 16.2. The number of carbonyl (C=O) groups is 1. The van der Waals surface area contributed by atoms with Gasteiger partial charge in [0.05, 0.1) is 10.9 Å². The van der Waals surface area contributed by atoms with Crippen molar-refractivity contribution in [3.63, 3.8) is 0 Å². The van der Waals surface area contributed by atoms with E-state index in [0.717, 1.165) is 17.4 Å². The normalized spacial score (nSPS) is 12.9. The number of thioether (sulfide) groups is 1. The predicted molar refractivity (Wildman–Crippen MR) is 75.7 cm³/mol. The highest BCUT2D eigenvalue weighted by Gasteiger charge is 2.29. The van der Waals surface area contributed by atoms with E-state index < -0.39 is 23.9 Å². The van der Waals surface area contributed by atoms with E-state index in [1.807, 2.05) is 35.6 Å². The standard InChI is InChI=1S/C13H13F3N4OS/c1-9(11(21)17-7-13(14,15)16)22-12-18-8-20(19-12)10-5-3-2-4-6-10/h2-6,8-9H,7H2,1H3,(H,17,21). The molecule has 1 atom stereocenters. The van der Waals surface area contributed by atoms with Crippen LogP contribution in [-0.4, -0.2) is 38.6 Å². The Morgan fingerprint density at radius 1 is 1.36 bits per heavy atom. The Kier molecular flexibility index (Phi) is 5.07. The second-order valence-corrected chi connectivity index (χ2v) is 5.71. The number of para-hydroxylation sites is 1. The van der Waals surface area contributed by atoms with Gasteiger partial charge in [-0.3, -0.25) is 4.79 Å². The van der Waals surface area contributed by atoms with E-state index in [-0.39, 0.29) is 0 Å². The summed E-state index contributed by atoms with van der Waals surface area (Å²) in [6.07, 6.45) is -2.94. The Labute approximate surface area is 128 Å². The highest BCUT2D eigenvalue weighted by Crippen LogP contribution is 2.20. The van der Waals surface area contributed by atoms with Crippen LogP contribution in [0, 0.1) is 0 Å². The number of halogens is 3. The van der Waals surface area contributed by atoms with Crippen LogP contribution in [0.2, 0.25) is 0 Å². The zero-order valence-corrected chi connectivity index (χ0v) is 12.4. The van der Waals surface area contributed by atoms with Gasteiger partial charge in [-0.1, -0.05) is 30.0 Å². The molecule has 1 unspecified atom stereocenters. The third-order valence-corrected chi connectivity index (χ3v) is 3.57. The first-order valence-electron chi connectivity index (χ1n) is 6.33. The summed E-state index contributed by atoms with van der Waals surface area (Å²) in [6.45, 7) is 0.155. The molecule has 2 aromatic rings. The van der Waals surface area contributed by atoms with Gasteiger partial charge in [0.1, 0.15) is 12.9 Å². The highest BCUT2D eigenvalue weighted by atomic mass is 32.2. The first kappa shape index (κ1) is 16.3. The molecule has 1 aromatic heterocycles. The van der Waals surface area contributed by atoms with Gasteiger partial charge >= 0.3 is 6.18 Å². The van der Waals surface area contributed by atoms with Crippen LogP contribution in [-0.2, 0) is 4.79 Å². The number of nitrogens with one attached hydrogen (secondary N) is 1. The van der Waals surface area contributed by atoms with Crippen molar-refractivity contribution in [1.82, 2.24) is 20.1 Å². The maximum absolute atomic E-state index is 12.0. The average Bonchev–Trinajstić information content (AvgIpc) is 2.93. The van der Waals surface area contributed by atoms with Crippen LogP contribution >= 0.6 is 11.8 Å². The fraction of sp³-hybridized carbons (Fsp3) is 0.308. The molecular formula is C13H13F3N4OS. The molecule has 9 heteroatoms. The lowest BCUT2D eigenvalue weighted by Crippen LogP contribution is -2.38. The molecule has 5 nitrogen and oxygen atoms in total. The van der Waals surface area contributed by atoms with Gasteiger partial charge in [0, 0.05) is 0 Å². The molecule has 0 aliphatic carbocycles. The number of rotatable bonds is 5. The summed E-state index contributed by atoms with van der Waals surface area (Å²) in [5.41, 5.74) is 0.802. The maximum Gasteiger partial charge on any atom is 0.405 e. The Hall–Kier alpha value is -2.03. The molecule has 0 spiro atoms. The molecule has 2 rings (SSSR count). The van der Waals surface area contributed by atoms with Gasteiger partial charge in [-0.2, -0.15) is 13.2 Å². The molecule has 0 aliphatic heterocycles. The fourth-order valence-corrected chi connectivity index (χ4v) is 2.30. The van der Waals surface area contributed by atoms with Crippen LogP contribution in [0.1, 0.15) is 6.92 Å². The Morgan fingerprint density at radius 3 is 2.68 bits per heavy atom. The molecular weight excluding hydrogens is 317 g/mol. The topological polar surface area (TPSA) is 59.8 Å². The first-order valence-corrected chi connectivity index (χ1v) is 7.21. The molecule has 118 valence electrons. The summed E-state index contributed by atoms with van der Waals surface area (Å²) in [5, 5.41) is 5.60. The Bertz CT molecular complexity index is 630. The molecule has 0 saturated carbocycles.